The summed E-state index contributed by atoms with van der Waals surface area (Å²) in [5, 5.41) is 7.74. The summed E-state index contributed by atoms with van der Waals surface area (Å²) in [5.74, 6) is 0.627. The van der Waals surface area contributed by atoms with E-state index in [-0.39, 0.29) is 17.8 Å². The van der Waals surface area contributed by atoms with Crippen LogP contribution in [0.3, 0.4) is 0 Å². The summed E-state index contributed by atoms with van der Waals surface area (Å²) >= 11 is 0. The third-order valence-corrected chi connectivity index (χ3v) is 5.67. The van der Waals surface area contributed by atoms with Crippen molar-refractivity contribution in [3.8, 4) is 0 Å². The summed E-state index contributed by atoms with van der Waals surface area (Å²) < 4.78 is 14.9. The van der Waals surface area contributed by atoms with Crippen LogP contribution >= 0.6 is 0 Å². The molecule has 0 saturated carbocycles. The average molecular weight is 423 g/mol. The number of hydrogen-bond donors (Lipinski definition) is 1. The zero-order valence-corrected chi connectivity index (χ0v) is 18.0. The normalized spacial score (nSPS) is 15.9. The van der Waals surface area contributed by atoms with Crippen LogP contribution in [0.15, 0.2) is 48.9 Å². The molecular weight excluding hydrogens is 395 g/mol. The van der Waals surface area contributed by atoms with Gasteiger partial charge in [0.2, 0.25) is 5.91 Å². The van der Waals surface area contributed by atoms with Crippen molar-refractivity contribution >= 4 is 23.1 Å². The minimum absolute atomic E-state index is 0.121. The van der Waals surface area contributed by atoms with Crippen molar-refractivity contribution in [2.45, 2.75) is 39.4 Å². The standard InChI is InChI=1S/C23H27FN6O/c1-4-19-23(31)30(5-2)21-13-26-22(10-20(21)28(19)3)25-11-17-12-27-29(15-17)14-16-6-8-18(24)9-7-16/h6-10,12-13,15,19H,4-5,11,14H2,1-3H3,(H,25,26)/t19-/m0/s1. The lowest BCUT2D eigenvalue weighted by atomic mass is 10.1. The van der Waals surface area contributed by atoms with Crippen LogP contribution in [0.25, 0.3) is 0 Å². The van der Waals surface area contributed by atoms with E-state index < -0.39 is 0 Å². The van der Waals surface area contributed by atoms with Crippen molar-refractivity contribution in [1.82, 2.24) is 14.8 Å². The molecule has 3 heterocycles. The highest BCUT2D eigenvalue weighted by molar-refractivity contribution is 6.05. The lowest BCUT2D eigenvalue weighted by Crippen LogP contribution is -2.51. The van der Waals surface area contributed by atoms with Crippen molar-refractivity contribution in [2.24, 2.45) is 0 Å². The molecule has 4 rings (SSSR count). The van der Waals surface area contributed by atoms with Crippen molar-refractivity contribution in [3.05, 3.63) is 65.9 Å². The zero-order chi connectivity index (χ0) is 22.0. The van der Waals surface area contributed by atoms with Gasteiger partial charge in [0, 0.05) is 38.0 Å². The number of benzene rings is 1. The number of carbonyl (C=O) groups is 1. The molecule has 0 radical (unpaired) electrons. The molecule has 162 valence electrons. The van der Waals surface area contributed by atoms with Crippen LogP contribution in [0.4, 0.5) is 21.6 Å². The Morgan fingerprint density at radius 3 is 2.58 bits per heavy atom. The van der Waals surface area contributed by atoms with Crippen molar-refractivity contribution in [1.29, 1.82) is 0 Å². The van der Waals surface area contributed by atoms with Crippen LogP contribution in [0.1, 0.15) is 31.4 Å². The lowest BCUT2D eigenvalue weighted by molar-refractivity contribution is -0.120. The van der Waals surface area contributed by atoms with Gasteiger partial charge in [0.15, 0.2) is 0 Å². The summed E-state index contributed by atoms with van der Waals surface area (Å²) in [6.07, 6.45) is 6.29. The number of fused-ring (bicyclic) bond motifs is 1. The second-order valence-corrected chi connectivity index (χ2v) is 7.70. The first-order chi connectivity index (χ1) is 15.0. The fourth-order valence-corrected chi connectivity index (χ4v) is 3.99. The minimum Gasteiger partial charge on any atom is -0.366 e. The Hall–Kier alpha value is -3.42. The maximum atomic E-state index is 13.1. The zero-order valence-electron chi connectivity index (χ0n) is 18.0. The van der Waals surface area contributed by atoms with Gasteiger partial charge in [0.05, 0.1) is 30.3 Å². The number of amides is 1. The van der Waals surface area contributed by atoms with Crippen molar-refractivity contribution in [3.63, 3.8) is 0 Å². The Morgan fingerprint density at radius 1 is 1.10 bits per heavy atom. The van der Waals surface area contributed by atoms with E-state index in [2.05, 4.69) is 15.4 Å². The fourth-order valence-electron chi connectivity index (χ4n) is 3.99. The first kappa shape index (κ1) is 20.8. The predicted molar refractivity (Wildman–Crippen MR) is 120 cm³/mol. The Balaban J connectivity index is 1.45. The molecule has 1 aliphatic heterocycles. The van der Waals surface area contributed by atoms with Gasteiger partial charge in [0.1, 0.15) is 17.7 Å². The molecule has 7 nitrogen and oxygen atoms in total. The third-order valence-electron chi connectivity index (χ3n) is 5.67. The van der Waals surface area contributed by atoms with E-state index in [4.69, 9.17) is 0 Å². The smallest absolute Gasteiger partial charge is 0.249 e. The SMILES string of the molecule is CC[C@H]1C(=O)N(CC)c2cnc(NCc3cnn(Cc4ccc(F)cc4)c3)cc2N1C. The fraction of sp³-hybridized carbons (Fsp3) is 0.348. The molecular formula is C23H27FN6O. The largest absolute Gasteiger partial charge is 0.366 e. The van der Waals surface area contributed by atoms with Crippen LogP contribution in [-0.2, 0) is 17.9 Å². The molecule has 0 fully saturated rings. The van der Waals surface area contributed by atoms with Gasteiger partial charge in [0.25, 0.3) is 0 Å². The topological polar surface area (TPSA) is 66.3 Å². The third kappa shape index (κ3) is 4.23. The van der Waals surface area contributed by atoms with E-state index in [1.165, 1.54) is 12.1 Å². The van der Waals surface area contributed by atoms with Gasteiger partial charge in [-0.05, 0) is 31.0 Å². The van der Waals surface area contributed by atoms with E-state index in [9.17, 15) is 9.18 Å². The van der Waals surface area contributed by atoms with Crippen LogP contribution < -0.4 is 15.1 Å². The van der Waals surface area contributed by atoms with E-state index in [0.29, 0.717) is 19.6 Å². The molecule has 31 heavy (non-hydrogen) atoms. The molecule has 0 saturated heterocycles. The van der Waals surface area contributed by atoms with E-state index in [1.807, 2.05) is 48.9 Å². The number of pyridine rings is 1. The molecule has 0 bridgehead atoms. The van der Waals surface area contributed by atoms with E-state index >= 15 is 0 Å². The first-order valence-corrected chi connectivity index (χ1v) is 10.5. The molecule has 1 N–H and O–H groups in total. The summed E-state index contributed by atoms with van der Waals surface area (Å²) in [6.45, 7) is 5.79. The van der Waals surface area contributed by atoms with Gasteiger partial charge in [-0.3, -0.25) is 9.48 Å². The number of likely N-dealkylation sites (N-methyl/N-ethyl adjacent to an activating group) is 2. The molecule has 8 heteroatoms. The molecule has 0 aliphatic carbocycles. The summed E-state index contributed by atoms with van der Waals surface area (Å²) in [7, 11) is 1.96. The molecule has 0 unspecified atom stereocenters. The molecule has 1 atom stereocenters. The van der Waals surface area contributed by atoms with Gasteiger partial charge < -0.3 is 15.1 Å². The monoisotopic (exact) mass is 422 g/mol. The van der Waals surface area contributed by atoms with Crippen LogP contribution in [0.2, 0.25) is 0 Å². The maximum Gasteiger partial charge on any atom is 0.249 e. The molecule has 0 spiro atoms. The second kappa shape index (κ2) is 8.75. The van der Waals surface area contributed by atoms with Gasteiger partial charge in [-0.2, -0.15) is 5.10 Å². The van der Waals surface area contributed by atoms with Crippen molar-refractivity contribution < 1.29 is 9.18 Å². The van der Waals surface area contributed by atoms with Gasteiger partial charge in [-0.25, -0.2) is 9.37 Å². The number of halogens is 1. The minimum atomic E-state index is -0.242. The molecule has 1 aromatic carbocycles. The summed E-state index contributed by atoms with van der Waals surface area (Å²) in [5.41, 5.74) is 3.85. The van der Waals surface area contributed by atoms with Crippen LogP contribution in [0, 0.1) is 5.82 Å². The number of nitrogens with one attached hydrogen (secondary N) is 1. The van der Waals surface area contributed by atoms with Gasteiger partial charge >= 0.3 is 0 Å². The number of anilines is 3. The Bertz CT molecular complexity index is 1060. The van der Waals surface area contributed by atoms with Crippen LogP contribution in [-0.4, -0.2) is 40.3 Å². The maximum absolute atomic E-state index is 13.1. The highest BCUT2D eigenvalue weighted by Gasteiger charge is 2.34. The lowest BCUT2D eigenvalue weighted by Gasteiger charge is -2.40. The number of hydrogen-bond acceptors (Lipinski definition) is 5. The van der Waals surface area contributed by atoms with Crippen LogP contribution in [0.5, 0.6) is 0 Å². The Labute approximate surface area is 181 Å². The van der Waals surface area contributed by atoms with E-state index in [1.54, 1.807) is 23.2 Å². The second-order valence-electron chi connectivity index (χ2n) is 7.70. The highest BCUT2D eigenvalue weighted by atomic mass is 19.1. The predicted octanol–water partition coefficient (Wildman–Crippen LogP) is 3.66. The number of nitrogens with zero attached hydrogens (tertiary/aromatic N) is 5. The number of aromatic nitrogens is 3. The number of rotatable bonds is 7. The molecule has 3 aromatic rings. The Morgan fingerprint density at radius 2 is 1.87 bits per heavy atom. The molecule has 1 aliphatic rings. The summed E-state index contributed by atoms with van der Waals surface area (Å²) in [6, 6.07) is 8.27. The van der Waals surface area contributed by atoms with Gasteiger partial charge in [-0.1, -0.05) is 19.1 Å². The average Bonchev–Trinajstić information content (AvgIpc) is 3.22. The highest BCUT2D eigenvalue weighted by Crippen LogP contribution is 2.36. The first-order valence-electron chi connectivity index (χ1n) is 10.5. The quantitative estimate of drug-likeness (QED) is 0.630. The Kier molecular flexibility index (Phi) is 5.88. The molecule has 2 aromatic heterocycles. The summed E-state index contributed by atoms with van der Waals surface area (Å²) in [4.78, 5) is 21.1. The van der Waals surface area contributed by atoms with E-state index in [0.717, 1.165) is 34.7 Å². The van der Waals surface area contributed by atoms with Crippen molar-refractivity contribution in [2.75, 3.05) is 28.7 Å². The number of carbonyl (C=O) groups excluding carboxylic acids is 1. The van der Waals surface area contributed by atoms with Gasteiger partial charge in [-0.15, -0.1) is 0 Å². The molecule has 1 amide bonds.